The fourth-order valence-corrected chi connectivity index (χ4v) is 2.60. The topological polar surface area (TPSA) is 36.9 Å². The second-order valence-corrected chi connectivity index (χ2v) is 8.58. The maximum Gasteiger partial charge on any atom is 0.161 e. The maximum absolute atomic E-state index is 5.95. The molecule has 2 rings (SSSR count). The molecular weight excluding hydrogens is 352 g/mol. The van der Waals surface area contributed by atoms with Crippen LogP contribution in [-0.4, -0.2) is 25.4 Å². The van der Waals surface area contributed by atoms with E-state index in [0.717, 1.165) is 22.6 Å². The molecule has 0 saturated heterocycles. The number of hydrogen-bond donors (Lipinski definition) is 0. The van der Waals surface area contributed by atoms with Crippen LogP contribution in [0.25, 0.3) is 12.2 Å². The summed E-state index contributed by atoms with van der Waals surface area (Å²) in [5.41, 5.74) is 1.48. The van der Waals surface area contributed by atoms with Gasteiger partial charge in [0.2, 0.25) is 0 Å². The molecule has 28 heavy (non-hydrogen) atoms. The lowest BCUT2D eigenvalue weighted by molar-refractivity contribution is 0.125. The van der Waals surface area contributed by atoms with Crippen LogP contribution in [0.2, 0.25) is 0 Å². The molecule has 0 spiro atoms. The van der Waals surface area contributed by atoms with Crippen LogP contribution in [0.1, 0.15) is 52.7 Å². The third-order valence-electron chi connectivity index (χ3n) is 3.68. The van der Waals surface area contributed by atoms with Gasteiger partial charge in [-0.3, -0.25) is 0 Å². The van der Waals surface area contributed by atoms with Gasteiger partial charge in [-0.1, -0.05) is 24.3 Å². The molecule has 0 aromatic heterocycles. The zero-order chi connectivity index (χ0) is 20.9. The predicted octanol–water partition coefficient (Wildman–Crippen LogP) is 6.23. The van der Waals surface area contributed by atoms with E-state index in [1.165, 1.54) is 0 Å². The molecule has 2 aromatic rings. The van der Waals surface area contributed by atoms with E-state index < -0.39 is 0 Å². The van der Waals surface area contributed by atoms with Crippen molar-refractivity contribution < 1.29 is 18.9 Å². The second kappa shape index (κ2) is 8.59. The van der Waals surface area contributed by atoms with Crippen molar-refractivity contribution in [3.8, 4) is 23.0 Å². The quantitative estimate of drug-likeness (QED) is 0.553. The molecule has 0 heterocycles. The Morgan fingerprint density at radius 3 is 1.21 bits per heavy atom. The van der Waals surface area contributed by atoms with E-state index in [1.807, 2.05) is 90.1 Å². The number of hydrogen-bond acceptors (Lipinski definition) is 4. The summed E-state index contributed by atoms with van der Waals surface area (Å²) < 4.78 is 22.9. The molecule has 0 aliphatic rings. The smallest absolute Gasteiger partial charge is 0.161 e. The fraction of sp³-hybridized carbons (Fsp3) is 0.417. The van der Waals surface area contributed by atoms with Crippen molar-refractivity contribution in [2.24, 2.45) is 0 Å². The minimum atomic E-state index is -0.280. The third-order valence-corrected chi connectivity index (χ3v) is 3.68. The molecule has 0 atom stereocenters. The summed E-state index contributed by atoms with van der Waals surface area (Å²) in [6.07, 6.45) is 4.06. The van der Waals surface area contributed by atoms with E-state index in [-0.39, 0.29) is 11.2 Å². The first-order valence-electron chi connectivity index (χ1n) is 9.43. The van der Waals surface area contributed by atoms with Crippen molar-refractivity contribution in [3.63, 3.8) is 0 Å². The number of methoxy groups -OCH3 is 2. The zero-order valence-corrected chi connectivity index (χ0v) is 18.3. The second-order valence-electron chi connectivity index (χ2n) is 8.58. The van der Waals surface area contributed by atoms with Crippen molar-refractivity contribution in [1.29, 1.82) is 0 Å². The maximum atomic E-state index is 5.95. The predicted molar refractivity (Wildman–Crippen MR) is 116 cm³/mol. The van der Waals surface area contributed by atoms with Crippen LogP contribution >= 0.6 is 0 Å². The molecule has 4 heteroatoms. The van der Waals surface area contributed by atoms with Crippen molar-refractivity contribution >= 4 is 12.2 Å². The largest absolute Gasteiger partial charge is 0.493 e. The first kappa shape index (κ1) is 21.7. The summed E-state index contributed by atoms with van der Waals surface area (Å²) in [6, 6.07) is 11.8. The lowest BCUT2D eigenvalue weighted by Gasteiger charge is -2.23. The van der Waals surface area contributed by atoms with Crippen LogP contribution in [0.5, 0.6) is 23.0 Å². The monoisotopic (exact) mass is 384 g/mol. The fourth-order valence-electron chi connectivity index (χ4n) is 2.60. The van der Waals surface area contributed by atoms with Crippen LogP contribution in [0.3, 0.4) is 0 Å². The first-order valence-corrected chi connectivity index (χ1v) is 9.43. The van der Waals surface area contributed by atoms with Crippen molar-refractivity contribution in [2.75, 3.05) is 14.2 Å². The van der Waals surface area contributed by atoms with E-state index in [1.54, 1.807) is 14.2 Å². The Balaban J connectivity index is 2.23. The van der Waals surface area contributed by atoms with Crippen LogP contribution in [0.4, 0.5) is 0 Å². The summed E-state index contributed by atoms with van der Waals surface area (Å²) in [5, 5.41) is 0. The molecule has 0 aliphatic carbocycles. The molecular formula is C24H32O4. The molecule has 0 bridgehead atoms. The Hall–Kier alpha value is -2.62. The van der Waals surface area contributed by atoms with Gasteiger partial charge in [-0.2, -0.15) is 0 Å². The van der Waals surface area contributed by atoms with Gasteiger partial charge >= 0.3 is 0 Å². The molecule has 0 aliphatic heterocycles. The highest BCUT2D eigenvalue weighted by Gasteiger charge is 2.16. The first-order chi connectivity index (χ1) is 13.0. The molecule has 4 nitrogen and oxygen atoms in total. The Morgan fingerprint density at radius 1 is 0.571 bits per heavy atom. The van der Waals surface area contributed by atoms with E-state index in [0.29, 0.717) is 11.5 Å². The summed E-state index contributed by atoms with van der Waals surface area (Å²) in [5.74, 6) is 2.89. The third kappa shape index (κ3) is 6.52. The highest BCUT2D eigenvalue weighted by atomic mass is 16.5. The van der Waals surface area contributed by atoms with Gasteiger partial charge in [0.05, 0.1) is 14.2 Å². The Morgan fingerprint density at radius 2 is 0.929 bits per heavy atom. The Labute approximate surface area is 169 Å². The molecule has 0 N–H and O–H groups in total. The molecule has 0 saturated carbocycles. The van der Waals surface area contributed by atoms with Gasteiger partial charge < -0.3 is 18.9 Å². The van der Waals surface area contributed by atoms with Crippen molar-refractivity contribution in [1.82, 2.24) is 0 Å². The molecule has 152 valence electrons. The van der Waals surface area contributed by atoms with E-state index in [9.17, 15) is 0 Å². The SMILES string of the molecule is COc1cc(/C=C/c2ccc(OC(C)(C)C)c(OC)c2)ccc1OC(C)(C)C. The molecule has 0 radical (unpaired) electrons. The van der Waals surface area contributed by atoms with Crippen LogP contribution in [0, 0.1) is 0 Å². The normalized spacial score (nSPS) is 12.1. The lowest BCUT2D eigenvalue weighted by atomic mass is 10.1. The van der Waals surface area contributed by atoms with Gasteiger partial charge in [0.15, 0.2) is 23.0 Å². The molecule has 0 unspecified atom stereocenters. The molecule has 0 amide bonds. The minimum absolute atomic E-state index is 0.280. The standard InChI is InChI=1S/C24H32O4/c1-23(2,3)27-19-13-11-17(15-21(19)25-7)9-10-18-12-14-20(22(16-18)26-8)28-24(4,5)6/h9-16H,1-8H3/b10-9+. The van der Waals surface area contributed by atoms with E-state index in [2.05, 4.69) is 0 Å². The van der Waals surface area contributed by atoms with Crippen LogP contribution in [0.15, 0.2) is 36.4 Å². The average molecular weight is 385 g/mol. The van der Waals surface area contributed by atoms with Crippen LogP contribution in [-0.2, 0) is 0 Å². The highest BCUT2D eigenvalue weighted by Crippen LogP contribution is 2.33. The molecule has 2 aromatic carbocycles. The Kier molecular flexibility index (Phi) is 6.65. The summed E-state index contributed by atoms with van der Waals surface area (Å²) >= 11 is 0. The van der Waals surface area contributed by atoms with Gasteiger partial charge in [0.25, 0.3) is 0 Å². The Bertz CT molecular complexity index is 754. The van der Waals surface area contributed by atoms with Gasteiger partial charge in [0.1, 0.15) is 11.2 Å². The van der Waals surface area contributed by atoms with Crippen LogP contribution < -0.4 is 18.9 Å². The molecule has 0 fully saturated rings. The van der Waals surface area contributed by atoms with Crippen molar-refractivity contribution in [3.05, 3.63) is 47.5 Å². The minimum Gasteiger partial charge on any atom is -0.493 e. The number of benzene rings is 2. The van der Waals surface area contributed by atoms with Gasteiger partial charge in [-0.15, -0.1) is 0 Å². The number of ether oxygens (including phenoxy) is 4. The van der Waals surface area contributed by atoms with E-state index in [4.69, 9.17) is 18.9 Å². The summed E-state index contributed by atoms with van der Waals surface area (Å²) in [6.45, 7) is 12.1. The average Bonchev–Trinajstić information content (AvgIpc) is 2.59. The summed E-state index contributed by atoms with van der Waals surface area (Å²) in [4.78, 5) is 0. The highest BCUT2D eigenvalue weighted by molar-refractivity contribution is 5.72. The van der Waals surface area contributed by atoms with Gasteiger partial charge in [-0.25, -0.2) is 0 Å². The number of rotatable bonds is 6. The van der Waals surface area contributed by atoms with Gasteiger partial charge in [-0.05, 0) is 76.9 Å². The summed E-state index contributed by atoms with van der Waals surface area (Å²) in [7, 11) is 3.30. The zero-order valence-electron chi connectivity index (χ0n) is 18.3. The van der Waals surface area contributed by atoms with E-state index >= 15 is 0 Å². The van der Waals surface area contributed by atoms with Gasteiger partial charge in [0, 0.05) is 0 Å². The lowest BCUT2D eigenvalue weighted by Crippen LogP contribution is -2.23. The van der Waals surface area contributed by atoms with Crippen molar-refractivity contribution in [2.45, 2.75) is 52.7 Å².